The zero-order valence-electron chi connectivity index (χ0n) is 8.90. The van der Waals surface area contributed by atoms with Gasteiger partial charge in [0.1, 0.15) is 0 Å². The number of hydrogen-bond acceptors (Lipinski definition) is 3. The summed E-state index contributed by atoms with van der Waals surface area (Å²) >= 11 is 7.74. The quantitative estimate of drug-likeness (QED) is 0.802. The van der Waals surface area contributed by atoms with Crippen molar-refractivity contribution in [3.05, 3.63) is 28.8 Å². The Morgan fingerprint density at radius 1 is 1.47 bits per heavy atom. The highest BCUT2D eigenvalue weighted by Gasteiger charge is 2.15. The molecular formula is C11H16ClNOS. The fourth-order valence-corrected chi connectivity index (χ4v) is 2.71. The second kappa shape index (κ2) is 5.75. The summed E-state index contributed by atoms with van der Waals surface area (Å²) in [7, 11) is 0. The van der Waals surface area contributed by atoms with Gasteiger partial charge in [-0.2, -0.15) is 0 Å². The molecule has 1 aromatic carbocycles. The van der Waals surface area contributed by atoms with E-state index in [-0.39, 0.29) is 6.54 Å². The van der Waals surface area contributed by atoms with Gasteiger partial charge in [-0.3, -0.25) is 0 Å². The highest BCUT2D eigenvalue weighted by atomic mass is 35.5. The summed E-state index contributed by atoms with van der Waals surface area (Å²) in [6.45, 7) is 4.39. The van der Waals surface area contributed by atoms with Crippen LogP contribution in [0.1, 0.15) is 25.5 Å². The molecule has 15 heavy (non-hydrogen) atoms. The van der Waals surface area contributed by atoms with E-state index < -0.39 is 6.10 Å². The minimum Gasteiger partial charge on any atom is -0.387 e. The molecule has 0 radical (unpaired) electrons. The van der Waals surface area contributed by atoms with E-state index in [1.807, 2.05) is 12.1 Å². The summed E-state index contributed by atoms with van der Waals surface area (Å²) in [6.07, 6.45) is -0.681. The van der Waals surface area contributed by atoms with Gasteiger partial charge in [-0.15, -0.1) is 11.8 Å². The van der Waals surface area contributed by atoms with Crippen LogP contribution in [0.15, 0.2) is 23.1 Å². The van der Waals surface area contributed by atoms with Crippen LogP contribution in [0, 0.1) is 0 Å². The number of benzene rings is 1. The Hall–Kier alpha value is -0.220. The minimum absolute atomic E-state index is 0.190. The lowest BCUT2D eigenvalue weighted by molar-refractivity contribution is 0.184. The van der Waals surface area contributed by atoms with Crippen LogP contribution in [0.5, 0.6) is 0 Å². The third-order valence-corrected chi connectivity index (χ3v) is 3.34. The Morgan fingerprint density at radius 2 is 2.13 bits per heavy atom. The smallest absolute Gasteiger partial charge is 0.0937 e. The predicted molar refractivity (Wildman–Crippen MR) is 66.5 cm³/mol. The number of halogens is 1. The number of aliphatic hydroxyl groups is 1. The molecule has 3 N–H and O–H groups in total. The highest BCUT2D eigenvalue weighted by molar-refractivity contribution is 8.00. The lowest BCUT2D eigenvalue weighted by Crippen LogP contribution is -2.13. The summed E-state index contributed by atoms with van der Waals surface area (Å²) < 4.78 is 0. The van der Waals surface area contributed by atoms with Crippen LogP contribution < -0.4 is 5.73 Å². The lowest BCUT2D eigenvalue weighted by Gasteiger charge is -2.16. The van der Waals surface area contributed by atoms with E-state index in [9.17, 15) is 5.11 Å². The first-order valence-corrected chi connectivity index (χ1v) is 6.15. The molecule has 0 spiro atoms. The van der Waals surface area contributed by atoms with Gasteiger partial charge in [-0.05, 0) is 12.1 Å². The van der Waals surface area contributed by atoms with Crippen molar-refractivity contribution in [2.24, 2.45) is 5.73 Å². The molecule has 0 bridgehead atoms. The summed E-state index contributed by atoms with van der Waals surface area (Å²) in [5.74, 6) is 0. The molecule has 0 saturated heterocycles. The molecule has 1 aromatic rings. The van der Waals surface area contributed by atoms with Gasteiger partial charge < -0.3 is 10.8 Å². The predicted octanol–water partition coefficient (Wildman–Crippen LogP) is 2.83. The molecule has 0 aliphatic rings. The van der Waals surface area contributed by atoms with E-state index in [1.165, 1.54) is 0 Å². The number of nitrogens with two attached hydrogens (primary N) is 1. The molecule has 0 aliphatic heterocycles. The average Bonchev–Trinajstić information content (AvgIpc) is 2.16. The van der Waals surface area contributed by atoms with Gasteiger partial charge in [0.25, 0.3) is 0 Å². The number of hydrogen-bond donors (Lipinski definition) is 2. The topological polar surface area (TPSA) is 46.2 Å². The Kier molecular flexibility index (Phi) is 4.93. The second-order valence-electron chi connectivity index (χ2n) is 3.57. The van der Waals surface area contributed by atoms with E-state index in [0.29, 0.717) is 10.3 Å². The zero-order valence-corrected chi connectivity index (χ0v) is 10.5. The van der Waals surface area contributed by atoms with Crippen LogP contribution in [0.3, 0.4) is 0 Å². The molecule has 0 unspecified atom stereocenters. The van der Waals surface area contributed by atoms with E-state index >= 15 is 0 Å². The molecule has 84 valence electrons. The van der Waals surface area contributed by atoms with Crippen molar-refractivity contribution in [3.63, 3.8) is 0 Å². The van der Waals surface area contributed by atoms with E-state index in [0.717, 1.165) is 10.5 Å². The van der Waals surface area contributed by atoms with Crippen LogP contribution in [0.4, 0.5) is 0 Å². The van der Waals surface area contributed by atoms with E-state index in [2.05, 4.69) is 13.8 Å². The van der Waals surface area contributed by atoms with Crippen molar-refractivity contribution in [3.8, 4) is 0 Å². The normalized spacial score (nSPS) is 13.2. The van der Waals surface area contributed by atoms with Gasteiger partial charge in [0.2, 0.25) is 0 Å². The Bertz CT molecular complexity index is 330. The molecule has 0 aliphatic carbocycles. The van der Waals surface area contributed by atoms with Gasteiger partial charge in [-0.1, -0.05) is 31.5 Å². The zero-order chi connectivity index (χ0) is 11.4. The first-order chi connectivity index (χ1) is 7.06. The Morgan fingerprint density at radius 3 is 2.67 bits per heavy atom. The molecule has 0 saturated carbocycles. The molecule has 4 heteroatoms. The molecule has 1 rings (SSSR count). The number of aliphatic hydroxyl groups excluding tert-OH is 1. The molecule has 0 fully saturated rings. The lowest BCUT2D eigenvalue weighted by atomic mass is 10.1. The minimum atomic E-state index is -0.681. The summed E-state index contributed by atoms with van der Waals surface area (Å²) in [5.41, 5.74) is 6.21. The molecular weight excluding hydrogens is 230 g/mol. The molecule has 2 nitrogen and oxygen atoms in total. The largest absolute Gasteiger partial charge is 0.387 e. The average molecular weight is 246 g/mol. The van der Waals surface area contributed by atoms with E-state index in [1.54, 1.807) is 17.8 Å². The third kappa shape index (κ3) is 3.38. The van der Waals surface area contributed by atoms with Crippen LogP contribution in [0.2, 0.25) is 5.02 Å². The Labute approximate surface area is 99.8 Å². The summed E-state index contributed by atoms with van der Waals surface area (Å²) in [4.78, 5) is 1.01. The SMILES string of the molecule is CC(C)Sc1cccc(Cl)c1[C@H](O)CN. The van der Waals surface area contributed by atoms with Gasteiger partial charge in [-0.25, -0.2) is 0 Å². The molecule has 0 aromatic heterocycles. The van der Waals surface area contributed by atoms with Crippen molar-refractivity contribution < 1.29 is 5.11 Å². The monoisotopic (exact) mass is 245 g/mol. The van der Waals surface area contributed by atoms with Crippen LogP contribution in [-0.4, -0.2) is 16.9 Å². The maximum atomic E-state index is 9.78. The van der Waals surface area contributed by atoms with Crippen molar-refractivity contribution in [2.75, 3.05) is 6.54 Å². The van der Waals surface area contributed by atoms with Crippen molar-refractivity contribution in [2.45, 2.75) is 30.1 Å². The van der Waals surface area contributed by atoms with Gasteiger partial charge in [0.15, 0.2) is 0 Å². The molecule has 0 heterocycles. The van der Waals surface area contributed by atoms with Crippen molar-refractivity contribution >= 4 is 23.4 Å². The van der Waals surface area contributed by atoms with Crippen LogP contribution >= 0.6 is 23.4 Å². The first-order valence-electron chi connectivity index (χ1n) is 4.89. The highest BCUT2D eigenvalue weighted by Crippen LogP contribution is 2.34. The van der Waals surface area contributed by atoms with E-state index in [4.69, 9.17) is 17.3 Å². The van der Waals surface area contributed by atoms with Crippen LogP contribution in [0.25, 0.3) is 0 Å². The van der Waals surface area contributed by atoms with Crippen molar-refractivity contribution in [1.29, 1.82) is 0 Å². The molecule has 0 amide bonds. The molecule has 1 atom stereocenters. The van der Waals surface area contributed by atoms with Crippen molar-refractivity contribution in [1.82, 2.24) is 0 Å². The van der Waals surface area contributed by atoms with Gasteiger partial charge in [0, 0.05) is 27.3 Å². The van der Waals surface area contributed by atoms with Gasteiger partial charge in [0.05, 0.1) is 6.10 Å². The summed E-state index contributed by atoms with van der Waals surface area (Å²) in [6, 6.07) is 5.63. The standard InChI is InChI=1S/C11H16ClNOS/c1-7(2)15-10-5-3-4-8(12)11(10)9(14)6-13/h3-5,7,9,14H,6,13H2,1-2H3/t9-/m1/s1. The maximum absolute atomic E-state index is 9.78. The van der Waals surface area contributed by atoms with Gasteiger partial charge >= 0.3 is 0 Å². The van der Waals surface area contributed by atoms with Crippen LogP contribution in [-0.2, 0) is 0 Å². The first kappa shape index (κ1) is 12.8. The third-order valence-electron chi connectivity index (χ3n) is 1.93. The maximum Gasteiger partial charge on any atom is 0.0937 e. The fourth-order valence-electron chi connectivity index (χ4n) is 1.32. The second-order valence-corrected chi connectivity index (χ2v) is 5.60. The summed E-state index contributed by atoms with van der Waals surface area (Å²) in [5, 5.41) is 10.8. The number of thioether (sulfide) groups is 1. The number of rotatable bonds is 4. The Balaban J connectivity index is 3.08. The fraction of sp³-hybridized carbons (Fsp3) is 0.455.